The van der Waals surface area contributed by atoms with Gasteiger partial charge in [-0.25, -0.2) is 4.98 Å². The van der Waals surface area contributed by atoms with E-state index in [0.717, 1.165) is 35.8 Å². The van der Waals surface area contributed by atoms with Gasteiger partial charge in [-0.3, -0.25) is 0 Å². The quantitative estimate of drug-likeness (QED) is 0.807. The van der Waals surface area contributed by atoms with E-state index in [1.54, 1.807) is 0 Å². The van der Waals surface area contributed by atoms with Crippen LogP contribution in [0.25, 0.3) is 10.9 Å². The van der Waals surface area contributed by atoms with E-state index in [4.69, 9.17) is 9.84 Å². The molecule has 2 N–H and O–H groups in total. The summed E-state index contributed by atoms with van der Waals surface area (Å²) in [5.41, 5.74) is 0.931. The van der Waals surface area contributed by atoms with Gasteiger partial charge in [-0.2, -0.15) is 4.98 Å². The summed E-state index contributed by atoms with van der Waals surface area (Å²) < 4.78 is 5.38. The summed E-state index contributed by atoms with van der Waals surface area (Å²) in [5, 5.41) is 13.2. The van der Waals surface area contributed by atoms with E-state index < -0.39 is 0 Å². The van der Waals surface area contributed by atoms with Crippen molar-refractivity contribution in [2.45, 2.75) is 6.42 Å². The summed E-state index contributed by atoms with van der Waals surface area (Å²) >= 11 is 0. The first-order chi connectivity index (χ1) is 10.4. The number of aliphatic hydroxyl groups is 1. The lowest BCUT2D eigenvalue weighted by molar-refractivity contribution is 0.122. The second-order valence-electron chi connectivity index (χ2n) is 4.99. The number of anilines is 2. The third kappa shape index (κ3) is 3.22. The smallest absolute Gasteiger partial charge is 0.228 e. The minimum absolute atomic E-state index is 0.173. The highest BCUT2D eigenvalue weighted by Gasteiger charge is 2.16. The molecule has 2 heterocycles. The van der Waals surface area contributed by atoms with Gasteiger partial charge in [0.05, 0.1) is 18.7 Å². The number of hydrogen-bond donors (Lipinski definition) is 2. The zero-order valence-electron chi connectivity index (χ0n) is 12.0. The Balaban J connectivity index is 1.93. The first kappa shape index (κ1) is 14.0. The zero-order valence-corrected chi connectivity index (χ0v) is 12.0. The van der Waals surface area contributed by atoms with Crippen LogP contribution in [0.3, 0.4) is 0 Å². The highest BCUT2D eigenvalue weighted by Crippen LogP contribution is 2.23. The Morgan fingerprint density at radius 2 is 2.00 bits per heavy atom. The van der Waals surface area contributed by atoms with Crippen LogP contribution in [0, 0.1) is 0 Å². The van der Waals surface area contributed by atoms with Crippen molar-refractivity contribution in [2.24, 2.45) is 0 Å². The third-order valence-corrected chi connectivity index (χ3v) is 3.51. The van der Waals surface area contributed by atoms with Crippen molar-refractivity contribution in [3.05, 3.63) is 24.3 Å². The molecule has 0 amide bonds. The van der Waals surface area contributed by atoms with E-state index in [1.807, 2.05) is 24.3 Å². The van der Waals surface area contributed by atoms with Crippen molar-refractivity contribution in [3.63, 3.8) is 0 Å². The minimum Gasteiger partial charge on any atom is -0.396 e. The van der Waals surface area contributed by atoms with E-state index in [2.05, 4.69) is 20.2 Å². The number of nitrogens with one attached hydrogen (secondary N) is 1. The number of hydrogen-bond acceptors (Lipinski definition) is 6. The number of fused-ring (bicyclic) bond motifs is 1. The lowest BCUT2D eigenvalue weighted by Gasteiger charge is -2.27. The monoisotopic (exact) mass is 288 g/mol. The number of para-hydroxylation sites is 1. The number of benzene rings is 1. The molecule has 3 rings (SSSR count). The van der Waals surface area contributed by atoms with Gasteiger partial charge in [0.2, 0.25) is 5.95 Å². The molecule has 1 aliphatic rings. The second-order valence-corrected chi connectivity index (χ2v) is 4.99. The Labute approximate surface area is 123 Å². The molecule has 0 atom stereocenters. The van der Waals surface area contributed by atoms with Crippen molar-refractivity contribution in [1.82, 2.24) is 9.97 Å². The predicted molar refractivity (Wildman–Crippen MR) is 82.8 cm³/mol. The van der Waals surface area contributed by atoms with Gasteiger partial charge in [0.15, 0.2) is 0 Å². The second kappa shape index (κ2) is 6.69. The van der Waals surface area contributed by atoms with Gasteiger partial charge in [-0.05, 0) is 18.6 Å². The van der Waals surface area contributed by atoms with Crippen LogP contribution in [0.2, 0.25) is 0 Å². The molecule has 1 aliphatic heterocycles. The molecule has 21 heavy (non-hydrogen) atoms. The molecule has 1 fully saturated rings. The largest absolute Gasteiger partial charge is 0.396 e. The highest BCUT2D eigenvalue weighted by atomic mass is 16.5. The Morgan fingerprint density at radius 3 is 2.81 bits per heavy atom. The lowest BCUT2D eigenvalue weighted by Crippen LogP contribution is -2.37. The first-order valence-electron chi connectivity index (χ1n) is 7.32. The van der Waals surface area contributed by atoms with E-state index in [-0.39, 0.29) is 6.61 Å². The van der Waals surface area contributed by atoms with Crippen molar-refractivity contribution >= 4 is 22.7 Å². The molecule has 0 unspecified atom stereocenters. The molecule has 6 heteroatoms. The SMILES string of the molecule is OCCCNc1nc(N2CCOCC2)nc2ccccc12. The van der Waals surface area contributed by atoms with Gasteiger partial charge in [0, 0.05) is 31.6 Å². The van der Waals surface area contributed by atoms with Gasteiger partial charge in [0.25, 0.3) is 0 Å². The van der Waals surface area contributed by atoms with Gasteiger partial charge in [-0.1, -0.05) is 12.1 Å². The Bertz CT molecular complexity index is 599. The number of rotatable bonds is 5. The number of aromatic nitrogens is 2. The molecular formula is C15H20N4O2. The van der Waals surface area contributed by atoms with Crippen LogP contribution in [-0.4, -0.2) is 54.5 Å². The summed E-state index contributed by atoms with van der Waals surface area (Å²) in [6, 6.07) is 7.98. The summed E-state index contributed by atoms with van der Waals surface area (Å²) in [7, 11) is 0. The molecule has 0 bridgehead atoms. The molecule has 1 aromatic heterocycles. The Hall–Kier alpha value is -1.92. The van der Waals surface area contributed by atoms with E-state index >= 15 is 0 Å². The molecule has 0 aliphatic carbocycles. The fourth-order valence-corrected chi connectivity index (χ4v) is 2.39. The molecule has 1 saturated heterocycles. The third-order valence-electron chi connectivity index (χ3n) is 3.51. The van der Waals surface area contributed by atoms with Crippen LogP contribution in [-0.2, 0) is 4.74 Å². The van der Waals surface area contributed by atoms with Gasteiger partial charge < -0.3 is 20.1 Å². The van der Waals surface area contributed by atoms with Crippen molar-refractivity contribution in [2.75, 3.05) is 49.7 Å². The fraction of sp³-hybridized carbons (Fsp3) is 0.467. The van der Waals surface area contributed by atoms with Crippen LogP contribution in [0.1, 0.15) is 6.42 Å². The van der Waals surface area contributed by atoms with Crippen LogP contribution in [0.4, 0.5) is 11.8 Å². The molecule has 112 valence electrons. The number of morpholine rings is 1. The standard InChI is InChI=1S/C15H20N4O2/c20-9-3-6-16-14-12-4-1-2-5-13(12)17-15(18-14)19-7-10-21-11-8-19/h1-2,4-5,20H,3,6-11H2,(H,16,17,18). The topological polar surface area (TPSA) is 70.5 Å². The number of aliphatic hydroxyl groups excluding tert-OH is 1. The van der Waals surface area contributed by atoms with Crippen molar-refractivity contribution in [1.29, 1.82) is 0 Å². The maximum atomic E-state index is 8.92. The highest BCUT2D eigenvalue weighted by molar-refractivity contribution is 5.90. The van der Waals surface area contributed by atoms with Gasteiger partial charge in [-0.15, -0.1) is 0 Å². The molecule has 0 radical (unpaired) electrons. The summed E-state index contributed by atoms with van der Waals surface area (Å²) in [5.74, 6) is 1.57. The van der Waals surface area contributed by atoms with Crippen LogP contribution >= 0.6 is 0 Å². The van der Waals surface area contributed by atoms with E-state index in [9.17, 15) is 0 Å². The molecule has 1 aromatic carbocycles. The summed E-state index contributed by atoms with van der Waals surface area (Å²) in [4.78, 5) is 11.5. The summed E-state index contributed by atoms with van der Waals surface area (Å²) in [6.07, 6.45) is 0.700. The average Bonchev–Trinajstić information content (AvgIpc) is 2.55. The normalized spacial score (nSPS) is 15.4. The van der Waals surface area contributed by atoms with Crippen LogP contribution in [0.5, 0.6) is 0 Å². The van der Waals surface area contributed by atoms with Crippen molar-refractivity contribution < 1.29 is 9.84 Å². The Morgan fingerprint density at radius 1 is 1.19 bits per heavy atom. The van der Waals surface area contributed by atoms with E-state index in [1.165, 1.54) is 0 Å². The molecule has 0 spiro atoms. The predicted octanol–water partition coefficient (Wildman–Crippen LogP) is 1.26. The van der Waals surface area contributed by atoms with Crippen LogP contribution in [0.15, 0.2) is 24.3 Å². The maximum absolute atomic E-state index is 8.92. The molecule has 0 saturated carbocycles. The first-order valence-corrected chi connectivity index (χ1v) is 7.32. The average molecular weight is 288 g/mol. The summed E-state index contributed by atoms with van der Waals surface area (Å²) in [6.45, 7) is 3.92. The molecule has 6 nitrogen and oxygen atoms in total. The van der Waals surface area contributed by atoms with Crippen LogP contribution < -0.4 is 10.2 Å². The van der Waals surface area contributed by atoms with E-state index in [0.29, 0.717) is 26.2 Å². The lowest BCUT2D eigenvalue weighted by atomic mass is 10.2. The minimum atomic E-state index is 0.173. The number of ether oxygens (including phenoxy) is 1. The fourth-order valence-electron chi connectivity index (χ4n) is 2.39. The van der Waals surface area contributed by atoms with Gasteiger partial charge >= 0.3 is 0 Å². The molecule has 2 aromatic rings. The molecular weight excluding hydrogens is 268 g/mol. The maximum Gasteiger partial charge on any atom is 0.228 e. The van der Waals surface area contributed by atoms with Crippen molar-refractivity contribution in [3.8, 4) is 0 Å². The van der Waals surface area contributed by atoms with Gasteiger partial charge in [0.1, 0.15) is 5.82 Å². The number of nitrogens with zero attached hydrogens (tertiary/aromatic N) is 3. The zero-order chi connectivity index (χ0) is 14.5. The Kier molecular flexibility index (Phi) is 4.47.